The van der Waals surface area contributed by atoms with Crippen molar-refractivity contribution < 1.29 is 23.1 Å². The topological polar surface area (TPSA) is 163 Å². The molecule has 0 fully saturated rings. The van der Waals surface area contributed by atoms with Crippen molar-refractivity contribution in [3.05, 3.63) is 71.8 Å². The molecule has 4 aromatic heterocycles. The van der Waals surface area contributed by atoms with Crippen LogP contribution in [0.25, 0.3) is 11.4 Å². The Hall–Kier alpha value is -5.01. The normalized spacial score (nSPS) is 11.6. The van der Waals surface area contributed by atoms with Crippen LogP contribution in [0, 0.1) is 11.8 Å². The van der Waals surface area contributed by atoms with Crippen molar-refractivity contribution in [1.29, 1.82) is 0 Å². The highest BCUT2D eigenvalue weighted by atomic mass is 19.1. The van der Waals surface area contributed by atoms with Gasteiger partial charge in [0.15, 0.2) is 11.5 Å². The lowest BCUT2D eigenvalue weighted by Crippen LogP contribution is -2.19. The second-order valence-electron chi connectivity index (χ2n) is 7.47. The number of nitrogens with two attached hydrogens (primary N) is 1. The summed E-state index contributed by atoms with van der Waals surface area (Å²) >= 11 is 0. The van der Waals surface area contributed by atoms with E-state index < -0.39 is 29.9 Å². The SMILES string of the molecule is C[C@@H](OC(=O)Nc1c(-c2ccc(NC(=O)c3ccnc(N)c3)cn2)nnn1C)c1cc(F)cnc1F. The number of rotatable bonds is 6. The van der Waals surface area contributed by atoms with Crippen molar-refractivity contribution in [3.8, 4) is 11.4 Å². The minimum absolute atomic E-state index is 0.140. The molecule has 0 aliphatic carbocycles. The molecule has 0 aliphatic heterocycles. The summed E-state index contributed by atoms with van der Waals surface area (Å²) in [6.07, 6.45) is 1.45. The second kappa shape index (κ2) is 10.1. The molecule has 0 radical (unpaired) electrons. The van der Waals surface area contributed by atoms with E-state index in [4.69, 9.17) is 10.5 Å². The number of halogens is 2. The molecule has 184 valence electrons. The Morgan fingerprint density at radius 2 is 1.89 bits per heavy atom. The van der Waals surface area contributed by atoms with Gasteiger partial charge in [-0.05, 0) is 37.3 Å². The van der Waals surface area contributed by atoms with Crippen molar-refractivity contribution in [2.75, 3.05) is 16.4 Å². The molecule has 4 aromatic rings. The minimum Gasteiger partial charge on any atom is -0.441 e. The molecule has 0 aromatic carbocycles. The van der Waals surface area contributed by atoms with Crippen LogP contribution >= 0.6 is 0 Å². The first kappa shape index (κ1) is 24.1. The predicted octanol–water partition coefficient (Wildman–Crippen LogP) is 3.09. The zero-order valence-electron chi connectivity index (χ0n) is 18.9. The molecule has 4 rings (SSSR count). The smallest absolute Gasteiger partial charge is 0.413 e. The van der Waals surface area contributed by atoms with E-state index in [1.807, 2.05) is 0 Å². The number of aromatic nitrogens is 6. The van der Waals surface area contributed by atoms with Crippen LogP contribution < -0.4 is 16.4 Å². The average Bonchev–Trinajstić information content (AvgIpc) is 3.20. The Morgan fingerprint density at radius 3 is 2.61 bits per heavy atom. The fourth-order valence-corrected chi connectivity index (χ4v) is 3.14. The predicted molar refractivity (Wildman–Crippen MR) is 124 cm³/mol. The number of anilines is 3. The van der Waals surface area contributed by atoms with Crippen molar-refractivity contribution in [1.82, 2.24) is 29.9 Å². The molecule has 1 atom stereocenters. The molecule has 0 saturated carbocycles. The summed E-state index contributed by atoms with van der Waals surface area (Å²) in [7, 11) is 1.53. The second-order valence-corrected chi connectivity index (χ2v) is 7.47. The maximum Gasteiger partial charge on any atom is 0.413 e. The number of nitrogens with zero attached hydrogens (tertiary/aromatic N) is 6. The summed E-state index contributed by atoms with van der Waals surface area (Å²) < 4.78 is 33.7. The van der Waals surface area contributed by atoms with Crippen LogP contribution in [-0.4, -0.2) is 41.9 Å². The van der Waals surface area contributed by atoms with Crippen LogP contribution in [0.1, 0.15) is 28.9 Å². The number of nitrogens with one attached hydrogen (secondary N) is 2. The molecule has 0 bridgehead atoms. The van der Waals surface area contributed by atoms with Crippen LogP contribution in [-0.2, 0) is 11.8 Å². The standard InChI is InChI=1S/C22H19F2N9O3/c1-11(15-8-13(23)9-28-19(15)24)36-22(35)30-20-18(31-32-33(20)2)16-4-3-14(10-27-16)29-21(34)12-5-6-26-17(25)7-12/h3-11H,1-2H3,(H2,25,26)(H,29,34)(H,30,35)/t11-/m1/s1. The lowest BCUT2D eigenvalue weighted by atomic mass is 10.2. The zero-order chi connectivity index (χ0) is 25.8. The molecule has 36 heavy (non-hydrogen) atoms. The first-order chi connectivity index (χ1) is 17.2. The third-order valence-corrected chi connectivity index (χ3v) is 4.91. The van der Waals surface area contributed by atoms with E-state index in [9.17, 15) is 18.4 Å². The monoisotopic (exact) mass is 495 g/mol. The van der Waals surface area contributed by atoms with Gasteiger partial charge in [0.25, 0.3) is 5.91 Å². The van der Waals surface area contributed by atoms with Gasteiger partial charge < -0.3 is 15.8 Å². The van der Waals surface area contributed by atoms with Gasteiger partial charge in [-0.15, -0.1) is 5.10 Å². The van der Waals surface area contributed by atoms with E-state index in [0.29, 0.717) is 16.9 Å². The number of carbonyl (C=O) groups is 2. The van der Waals surface area contributed by atoms with Crippen LogP contribution in [0.15, 0.2) is 48.9 Å². The summed E-state index contributed by atoms with van der Waals surface area (Å²) in [5.74, 6) is -1.77. The molecule has 2 amide bonds. The zero-order valence-corrected chi connectivity index (χ0v) is 18.9. The molecule has 4 heterocycles. The lowest BCUT2D eigenvalue weighted by molar-refractivity contribution is 0.102. The maximum absolute atomic E-state index is 13.9. The van der Waals surface area contributed by atoms with Crippen LogP contribution in [0.2, 0.25) is 0 Å². The summed E-state index contributed by atoms with van der Waals surface area (Å²) in [5, 5.41) is 13.0. The van der Waals surface area contributed by atoms with Crippen molar-refractivity contribution in [2.24, 2.45) is 7.05 Å². The van der Waals surface area contributed by atoms with Gasteiger partial charge >= 0.3 is 6.09 Å². The number of ether oxygens (including phenoxy) is 1. The summed E-state index contributed by atoms with van der Waals surface area (Å²) in [6.45, 7) is 1.37. The third-order valence-electron chi connectivity index (χ3n) is 4.91. The van der Waals surface area contributed by atoms with Gasteiger partial charge in [0.05, 0.1) is 29.3 Å². The van der Waals surface area contributed by atoms with E-state index in [-0.39, 0.29) is 22.9 Å². The quantitative estimate of drug-likeness (QED) is 0.341. The molecule has 0 aliphatic rings. The van der Waals surface area contributed by atoms with E-state index in [1.165, 1.54) is 43.2 Å². The molecule has 0 unspecified atom stereocenters. The van der Waals surface area contributed by atoms with Gasteiger partial charge in [0.1, 0.15) is 17.7 Å². The Balaban J connectivity index is 1.46. The molecule has 12 nitrogen and oxygen atoms in total. The summed E-state index contributed by atoms with van der Waals surface area (Å²) in [4.78, 5) is 36.2. The molecule has 0 spiro atoms. The van der Waals surface area contributed by atoms with Gasteiger partial charge in [-0.2, -0.15) is 4.39 Å². The number of hydrogen-bond donors (Lipinski definition) is 3. The average molecular weight is 495 g/mol. The highest BCUT2D eigenvalue weighted by molar-refractivity contribution is 6.04. The number of hydrogen-bond acceptors (Lipinski definition) is 9. The van der Waals surface area contributed by atoms with Crippen molar-refractivity contribution >= 4 is 29.3 Å². The van der Waals surface area contributed by atoms with E-state index in [0.717, 1.165) is 12.3 Å². The Bertz CT molecular complexity index is 1430. The largest absolute Gasteiger partial charge is 0.441 e. The fraction of sp³-hybridized carbons (Fsp3) is 0.136. The van der Waals surface area contributed by atoms with Crippen LogP contribution in [0.4, 0.5) is 30.9 Å². The van der Waals surface area contributed by atoms with Gasteiger partial charge in [-0.3, -0.25) is 15.1 Å². The molecule has 4 N–H and O–H groups in total. The highest BCUT2D eigenvalue weighted by Gasteiger charge is 2.21. The van der Waals surface area contributed by atoms with E-state index in [1.54, 1.807) is 12.1 Å². The fourth-order valence-electron chi connectivity index (χ4n) is 3.14. The highest BCUT2D eigenvalue weighted by Crippen LogP contribution is 2.26. The molecular formula is C22H19F2N9O3. The summed E-state index contributed by atoms with van der Waals surface area (Å²) in [6, 6.07) is 7.00. The molecule has 0 saturated heterocycles. The number of carbonyl (C=O) groups excluding carboxylic acids is 2. The molecular weight excluding hydrogens is 476 g/mol. The Morgan fingerprint density at radius 1 is 1.08 bits per heavy atom. The lowest BCUT2D eigenvalue weighted by Gasteiger charge is -2.15. The first-order valence-electron chi connectivity index (χ1n) is 10.4. The van der Waals surface area contributed by atoms with Gasteiger partial charge in [0.2, 0.25) is 5.95 Å². The number of aryl methyl sites for hydroxylation is 1. The van der Waals surface area contributed by atoms with Crippen LogP contribution in [0.5, 0.6) is 0 Å². The van der Waals surface area contributed by atoms with Gasteiger partial charge in [-0.25, -0.2) is 23.8 Å². The minimum atomic E-state index is -1.13. The Labute approximate surface area is 202 Å². The third kappa shape index (κ3) is 5.38. The maximum atomic E-state index is 13.9. The summed E-state index contributed by atoms with van der Waals surface area (Å²) in [5.41, 5.74) is 6.65. The Kier molecular flexibility index (Phi) is 6.76. The number of amides is 2. The molecule has 14 heteroatoms. The van der Waals surface area contributed by atoms with Crippen molar-refractivity contribution in [2.45, 2.75) is 13.0 Å². The van der Waals surface area contributed by atoms with E-state index >= 15 is 0 Å². The number of nitrogen functional groups attached to an aromatic ring is 1. The first-order valence-corrected chi connectivity index (χ1v) is 10.4. The van der Waals surface area contributed by atoms with Crippen LogP contribution in [0.3, 0.4) is 0 Å². The van der Waals surface area contributed by atoms with Gasteiger partial charge in [0, 0.05) is 18.8 Å². The van der Waals surface area contributed by atoms with E-state index in [2.05, 4.69) is 35.9 Å². The van der Waals surface area contributed by atoms with Crippen molar-refractivity contribution in [3.63, 3.8) is 0 Å². The number of pyridine rings is 3. The van der Waals surface area contributed by atoms with Gasteiger partial charge in [-0.1, -0.05) is 5.21 Å².